The molecule has 0 spiro atoms. The first-order valence-electron chi connectivity index (χ1n) is 0. The molecule has 1 atom stereocenters. The second-order valence-electron chi connectivity index (χ2n) is 0. The van der Waals surface area contributed by atoms with Crippen molar-refractivity contribution >= 4 is 58.8 Å². The Labute approximate surface area is 96.1 Å². The van der Waals surface area contributed by atoms with E-state index in [2.05, 4.69) is 0 Å². The van der Waals surface area contributed by atoms with Gasteiger partial charge in [0.2, 0.25) is 0 Å². The summed E-state index contributed by atoms with van der Waals surface area (Å²) in [4.78, 5) is 0. The van der Waals surface area contributed by atoms with Crippen molar-refractivity contribution in [2.24, 2.45) is 0 Å². The van der Waals surface area contributed by atoms with Gasteiger partial charge in [-0.05, 0) is 0 Å². The summed E-state index contributed by atoms with van der Waals surface area (Å²) in [6.07, 6.45) is 0. The van der Waals surface area contributed by atoms with Crippen LogP contribution in [-0.2, 0) is 39.6 Å². The van der Waals surface area contributed by atoms with E-state index in [0.29, 0.717) is 0 Å². The molecule has 0 bridgehead atoms. The topological polar surface area (TPSA) is 0 Å². The normalized spacial score (nSPS) is 0. The molecular formula is H3BaPVW. The zero-order chi connectivity index (χ0) is 0. The Kier molecular flexibility index (Phi) is 109. The van der Waals surface area contributed by atoms with Crippen LogP contribution >= 0.6 is 9.90 Å². The van der Waals surface area contributed by atoms with Gasteiger partial charge in [0.15, 0.2) is 0 Å². The average Bonchev–Trinajstić information content (AvgIpc) is 0. The number of rotatable bonds is 0. The predicted octanol–water partition coefficient (Wildman–Crippen LogP) is -0.328. The largest absolute Gasteiger partial charge is 0.153 e. The van der Waals surface area contributed by atoms with Crippen molar-refractivity contribution in [1.29, 1.82) is 0 Å². The van der Waals surface area contributed by atoms with E-state index in [1.807, 2.05) is 0 Å². The van der Waals surface area contributed by atoms with Gasteiger partial charge < -0.3 is 0 Å². The second kappa shape index (κ2) is 16.3. The molecule has 0 aliphatic heterocycles. The zero-order valence-electron chi connectivity index (χ0n) is 2.27. The quantitative estimate of drug-likeness (QED) is 0.382. The van der Waals surface area contributed by atoms with Gasteiger partial charge in [0.1, 0.15) is 0 Å². The average molecular weight is 406 g/mol. The molecular weight excluding hydrogens is 403 g/mol. The van der Waals surface area contributed by atoms with Gasteiger partial charge >= 0.3 is 0 Å². The summed E-state index contributed by atoms with van der Waals surface area (Å²) in [6.45, 7) is 0. The standard InChI is InChI=1S/Ba.H3P.V.W/h;1H3;;. The third-order valence-corrected chi connectivity index (χ3v) is 0. The first-order chi connectivity index (χ1) is 0. The Hall–Kier alpha value is 3.27. The van der Waals surface area contributed by atoms with E-state index in [1.165, 1.54) is 0 Å². The van der Waals surface area contributed by atoms with Crippen molar-refractivity contribution in [3.8, 4) is 0 Å². The maximum Gasteiger partial charge on any atom is 0 e. The van der Waals surface area contributed by atoms with Crippen molar-refractivity contribution in [3.63, 3.8) is 0 Å². The third-order valence-electron chi connectivity index (χ3n) is 0. The van der Waals surface area contributed by atoms with E-state index in [1.54, 1.807) is 0 Å². The van der Waals surface area contributed by atoms with Gasteiger partial charge in [-0.15, -0.1) is 0 Å². The first-order valence-corrected chi connectivity index (χ1v) is 0. The van der Waals surface area contributed by atoms with Crippen molar-refractivity contribution in [3.05, 3.63) is 0 Å². The molecule has 0 saturated heterocycles. The molecule has 1 unspecified atom stereocenters. The molecule has 0 amide bonds. The Morgan fingerprint density at radius 3 is 1.00 bits per heavy atom. The molecule has 4 heteroatoms. The van der Waals surface area contributed by atoms with E-state index in [4.69, 9.17) is 0 Å². The Morgan fingerprint density at radius 2 is 1.00 bits per heavy atom. The van der Waals surface area contributed by atoms with E-state index >= 15 is 0 Å². The minimum Gasteiger partial charge on any atom is -0.153 e. The van der Waals surface area contributed by atoms with Gasteiger partial charge in [-0.25, -0.2) is 0 Å². The smallest absolute Gasteiger partial charge is 0 e. The summed E-state index contributed by atoms with van der Waals surface area (Å²) in [5, 5.41) is 0. The molecule has 0 aromatic heterocycles. The maximum absolute atomic E-state index is 0. The van der Waals surface area contributed by atoms with E-state index in [0.717, 1.165) is 0 Å². The fourth-order valence-electron chi connectivity index (χ4n) is 0. The molecule has 0 nitrogen and oxygen atoms in total. The molecule has 0 heterocycles. The summed E-state index contributed by atoms with van der Waals surface area (Å²) >= 11 is 0. The summed E-state index contributed by atoms with van der Waals surface area (Å²) in [7, 11) is 0. The minimum atomic E-state index is 0. The summed E-state index contributed by atoms with van der Waals surface area (Å²) in [6, 6.07) is 0. The summed E-state index contributed by atoms with van der Waals surface area (Å²) in [5.41, 5.74) is 0. The zero-order valence-corrected chi connectivity index (χ0v) is 12.5. The molecule has 0 fully saturated rings. The monoisotopic (exact) mass is 407 g/mol. The number of hydrogen-bond acceptors (Lipinski definition) is 0. The van der Waals surface area contributed by atoms with E-state index in [-0.39, 0.29) is 98.4 Å². The van der Waals surface area contributed by atoms with Crippen LogP contribution in [0.25, 0.3) is 0 Å². The Morgan fingerprint density at radius 1 is 1.00 bits per heavy atom. The van der Waals surface area contributed by atoms with Crippen LogP contribution in [0.15, 0.2) is 0 Å². The molecule has 0 aromatic rings. The van der Waals surface area contributed by atoms with Crippen LogP contribution in [0.1, 0.15) is 0 Å². The molecule has 4 heavy (non-hydrogen) atoms. The fraction of sp³-hybridized carbons (Fsp3) is 0. The number of hydrogen-bond donors (Lipinski definition) is 0. The Bertz CT molecular complexity index is 8.00. The first kappa shape index (κ1) is 26.7. The van der Waals surface area contributed by atoms with Crippen LogP contribution in [0.4, 0.5) is 0 Å². The van der Waals surface area contributed by atoms with Gasteiger partial charge in [0.05, 0.1) is 0 Å². The van der Waals surface area contributed by atoms with Crippen LogP contribution in [0.5, 0.6) is 0 Å². The van der Waals surface area contributed by atoms with Crippen molar-refractivity contribution in [1.82, 2.24) is 0 Å². The van der Waals surface area contributed by atoms with Crippen LogP contribution < -0.4 is 0 Å². The third kappa shape index (κ3) is 8.99. The Balaban J connectivity index is 0. The van der Waals surface area contributed by atoms with Gasteiger partial charge in [0, 0.05) is 88.5 Å². The summed E-state index contributed by atoms with van der Waals surface area (Å²) < 4.78 is 0. The van der Waals surface area contributed by atoms with Crippen LogP contribution in [-0.4, -0.2) is 48.9 Å². The SMILES string of the molecule is P.[Ba].[V].[W]. The van der Waals surface area contributed by atoms with Gasteiger partial charge in [-0.2, -0.15) is 9.90 Å². The molecule has 0 saturated carbocycles. The van der Waals surface area contributed by atoms with Crippen LogP contribution in [0.3, 0.4) is 0 Å². The predicted molar refractivity (Wildman–Crippen MR) is 16.9 cm³/mol. The molecule has 0 aromatic carbocycles. The van der Waals surface area contributed by atoms with Gasteiger partial charge in [-0.3, -0.25) is 0 Å². The molecule has 0 rings (SSSR count). The van der Waals surface area contributed by atoms with Crippen LogP contribution in [0, 0.1) is 0 Å². The van der Waals surface area contributed by atoms with Crippen LogP contribution in [0.2, 0.25) is 0 Å². The second-order valence-corrected chi connectivity index (χ2v) is 0. The van der Waals surface area contributed by atoms with Crippen molar-refractivity contribution < 1.29 is 39.6 Å². The summed E-state index contributed by atoms with van der Waals surface area (Å²) in [5.74, 6) is 0. The molecule has 21 valence electrons. The van der Waals surface area contributed by atoms with Gasteiger partial charge in [-0.1, -0.05) is 0 Å². The molecule has 0 aliphatic rings. The van der Waals surface area contributed by atoms with Crippen molar-refractivity contribution in [2.75, 3.05) is 0 Å². The minimum absolute atomic E-state index is 0. The fourth-order valence-corrected chi connectivity index (χ4v) is 0. The van der Waals surface area contributed by atoms with Crippen molar-refractivity contribution in [2.45, 2.75) is 0 Å². The molecule has 0 aliphatic carbocycles. The van der Waals surface area contributed by atoms with E-state index in [9.17, 15) is 0 Å². The van der Waals surface area contributed by atoms with E-state index < -0.39 is 0 Å². The van der Waals surface area contributed by atoms with Gasteiger partial charge in [0.25, 0.3) is 0 Å². The maximum atomic E-state index is 0. The molecule has 3 radical (unpaired) electrons. The molecule has 0 N–H and O–H groups in total.